The molecule has 0 bridgehead atoms. The monoisotopic (exact) mass is 259 g/mol. The highest BCUT2D eigenvalue weighted by molar-refractivity contribution is 6.32. The summed E-state index contributed by atoms with van der Waals surface area (Å²) in [4.78, 5) is 2.31. The molecule has 0 amide bonds. The molecule has 0 spiro atoms. The number of ether oxygens (including phenoxy) is 1. The lowest BCUT2D eigenvalue weighted by Gasteiger charge is -2.35. The van der Waals surface area contributed by atoms with Crippen LogP contribution in [0.1, 0.15) is 12.5 Å². The summed E-state index contributed by atoms with van der Waals surface area (Å²) < 4.78 is 5.41. The van der Waals surface area contributed by atoms with Gasteiger partial charge in [0.15, 0.2) is 0 Å². The van der Waals surface area contributed by atoms with Gasteiger partial charge in [-0.3, -0.25) is 0 Å². The minimum Gasteiger partial charge on any atom is -0.377 e. The van der Waals surface area contributed by atoms with Gasteiger partial charge in [0.25, 0.3) is 0 Å². The molecule has 16 heavy (non-hydrogen) atoms. The van der Waals surface area contributed by atoms with Crippen molar-refractivity contribution in [1.82, 2.24) is 0 Å². The molecular weight excluding hydrogens is 245 g/mol. The first-order valence-electron chi connectivity index (χ1n) is 5.41. The molecule has 2 rings (SSSR count). The molecule has 1 aromatic carbocycles. The Morgan fingerprint density at radius 1 is 1.50 bits per heavy atom. The number of hydrogen-bond donors (Lipinski definition) is 0. The van der Waals surface area contributed by atoms with Crippen LogP contribution in [0.4, 0.5) is 5.69 Å². The second-order valence-electron chi connectivity index (χ2n) is 4.03. The van der Waals surface area contributed by atoms with Gasteiger partial charge in [0, 0.05) is 29.2 Å². The van der Waals surface area contributed by atoms with Gasteiger partial charge in [-0.2, -0.15) is 0 Å². The van der Waals surface area contributed by atoms with E-state index in [1.807, 2.05) is 12.1 Å². The van der Waals surface area contributed by atoms with E-state index in [0.29, 0.717) is 11.9 Å². The van der Waals surface area contributed by atoms with Crippen molar-refractivity contribution >= 4 is 28.9 Å². The van der Waals surface area contributed by atoms with E-state index in [-0.39, 0.29) is 0 Å². The average Bonchev–Trinajstić information content (AvgIpc) is 2.29. The van der Waals surface area contributed by atoms with Gasteiger partial charge in [0.05, 0.1) is 13.2 Å². The zero-order valence-electron chi connectivity index (χ0n) is 9.25. The van der Waals surface area contributed by atoms with Crippen molar-refractivity contribution in [3.63, 3.8) is 0 Å². The second-order valence-corrected chi connectivity index (χ2v) is 4.70. The number of benzene rings is 1. The Labute approximate surface area is 106 Å². The second kappa shape index (κ2) is 5.26. The molecule has 4 heteroatoms. The van der Waals surface area contributed by atoms with Crippen molar-refractivity contribution < 1.29 is 4.74 Å². The van der Waals surface area contributed by atoms with Crippen molar-refractivity contribution in [3.8, 4) is 0 Å². The fourth-order valence-electron chi connectivity index (χ4n) is 1.93. The molecule has 1 aliphatic heterocycles. The number of morpholine rings is 1. The Hall–Kier alpha value is -0.440. The third-order valence-electron chi connectivity index (χ3n) is 2.88. The Balaban J connectivity index is 2.22. The fraction of sp³-hybridized carbons (Fsp3) is 0.500. The van der Waals surface area contributed by atoms with Gasteiger partial charge < -0.3 is 9.64 Å². The van der Waals surface area contributed by atoms with Crippen molar-refractivity contribution in [3.05, 3.63) is 28.8 Å². The van der Waals surface area contributed by atoms with Crippen LogP contribution in [0.5, 0.6) is 0 Å². The Kier molecular flexibility index (Phi) is 3.95. The number of alkyl halides is 1. The molecule has 2 nitrogen and oxygen atoms in total. The Morgan fingerprint density at radius 2 is 2.31 bits per heavy atom. The van der Waals surface area contributed by atoms with E-state index < -0.39 is 0 Å². The zero-order chi connectivity index (χ0) is 11.5. The highest BCUT2D eigenvalue weighted by atomic mass is 35.5. The van der Waals surface area contributed by atoms with Crippen molar-refractivity contribution in [1.29, 1.82) is 0 Å². The Bertz CT molecular complexity index is 370. The molecular formula is C12H15Cl2NO. The molecule has 88 valence electrons. The smallest absolute Gasteiger partial charge is 0.0668 e. The third-order valence-corrected chi connectivity index (χ3v) is 3.52. The molecule has 1 atom stereocenters. The van der Waals surface area contributed by atoms with Crippen LogP contribution in [0.2, 0.25) is 5.02 Å². The lowest BCUT2D eigenvalue weighted by atomic mass is 10.1. The topological polar surface area (TPSA) is 12.5 Å². The van der Waals surface area contributed by atoms with Gasteiger partial charge in [-0.25, -0.2) is 0 Å². The van der Waals surface area contributed by atoms with Crippen molar-refractivity contribution in [2.75, 3.05) is 24.7 Å². The van der Waals surface area contributed by atoms with E-state index in [1.165, 1.54) is 0 Å². The van der Waals surface area contributed by atoms with Crippen LogP contribution in [-0.4, -0.2) is 25.8 Å². The molecule has 1 unspecified atom stereocenters. The third kappa shape index (κ3) is 2.45. The summed E-state index contributed by atoms with van der Waals surface area (Å²) in [5.74, 6) is 0.456. The van der Waals surface area contributed by atoms with Crippen LogP contribution >= 0.6 is 23.2 Å². The number of halogens is 2. The number of nitrogens with zero attached hydrogens (tertiary/aromatic N) is 1. The molecule has 1 saturated heterocycles. The standard InChI is InChI=1S/C12H15Cl2NO/c1-9-8-16-5-4-15(9)11-3-2-10(7-13)12(14)6-11/h2-3,6,9H,4-5,7-8H2,1H3. The molecule has 0 aromatic heterocycles. The summed E-state index contributed by atoms with van der Waals surface area (Å²) in [6.45, 7) is 4.62. The van der Waals surface area contributed by atoms with Crippen LogP contribution < -0.4 is 4.90 Å². The van der Waals surface area contributed by atoms with E-state index >= 15 is 0 Å². The molecule has 0 N–H and O–H groups in total. The lowest BCUT2D eigenvalue weighted by molar-refractivity contribution is 0.0989. The number of rotatable bonds is 2. The maximum Gasteiger partial charge on any atom is 0.0668 e. The number of anilines is 1. The van der Waals surface area contributed by atoms with Crippen LogP contribution in [0.25, 0.3) is 0 Å². The van der Waals surface area contributed by atoms with Crippen LogP contribution in [0, 0.1) is 0 Å². The van der Waals surface area contributed by atoms with E-state index in [2.05, 4.69) is 17.9 Å². The van der Waals surface area contributed by atoms with E-state index in [0.717, 1.165) is 36.0 Å². The van der Waals surface area contributed by atoms with Gasteiger partial charge >= 0.3 is 0 Å². The molecule has 1 heterocycles. The van der Waals surface area contributed by atoms with E-state index in [4.69, 9.17) is 27.9 Å². The highest BCUT2D eigenvalue weighted by Crippen LogP contribution is 2.26. The van der Waals surface area contributed by atoms with Gasteiger partial charge in [-0.05, 0) is 24.6 Å². The summed E-state index contributed by atoms with van der Waals surface area (Å²) in [6, 6.07) is 6.45. The summed E-state index contributed by atoms with van der Waals surface area (Å²) in [5, 5.41) is 0.742. The van der Waals surface area contributed by atoms with Crippen molar-refractivity contribution in [2.24, 2.45) is 0 Å². The molecule has 1 aliphatic rings. The largest absolute Gasteiger partial charge is 0.377 e. The summed E-state index contributed by atoms with van der Waals surface area (Å²) in [7, 11) is 0. The minimum absolute atomic E-state index is 0.395. The van der Waals surface area contributed by atoms with Gasteiger partial charge in [0.2, 0.25) is 0 Å². The molecule has 1 fully saturated rings. The first-order chi connectivity index (χ1) is 7.72. The van der Waals surface area contributed by atoms with Crippen molar-refractivity contribution in [2.45, 2.75) is 18.8 Å². The molecule has 0 radical (unpaired) electrons. The summed E-state index contributed by atoms with van der Waals surface area (Å²) >= 11 is 11.9. The molecule has 0 saturated carbocycles. The predicted octanol–water partition coefficient (Wildman–Crippen LogP) is 3.30. The Morgan fingerprint density at radius 3 is 2.94 bits per heavy atom. The first-order valence-corrected chi connectivity index (χ1v) is 6.32. The molecule has 1 aromatic rings. The SMILES string of the molecule is CC1COCCN1c1ccc(CCl)c(Cl)c1. The normalized spacial score (nSPS) is 21.2. The molecule has 0 aliphatic carbocycles. The number of hydrogen-bond acceptors (Lipinski definition) is 2. The van der Waals surface area contributed by atoms with Crippen LogP contribution in [0.15, 0.2) is 18.2 Å². The predicted molar refractivity (Wildman–Crippen MR) is 68.6 cm³/mol. The highest BCUT2D eigenvalue weighted by Gasteiger charge is 2.19. The van der Waals surface area contributed by atoms with Gasteiger partial charge in [0.1, 0.15) is 0 Å². The maximum atomic E-state index is 6.15. The van der Waals surface area contributed by atoms with Gasteiger partial charge in [-0.15, -0.1) is 11.6 Å². The minimum atomic E-state index is 0.395. The quantitative estimate of drug-likeness (QED) is 0.756. The van der Waals surface area contributed by atoms with E-state index in [1.54, 1.807) is 0 Å². The van der Waals surface area contributed by atoms with Crippen LogP contribution in [-0.2, 0) is 10.6 Å². The zero-order valence-corrected chi connectivity index (χ0v) is 10.8. The van der Waals surface area contributed by atoms with E-state index in [9.17, 15) is 0 Å². The lowest BCUT2D eigenvalue weighted by Crippen LogP contribution is -2.43. The first kappa shape index (κ1) is 12.0. The van der Waals surface area contributed by atoms with Crippen LogP contribution in [0.3, 0.4) is 0 Å². The summed E-state index contributed by atoms with van der Waals surface area (Å²) in [5.41, 5.74) is 2.13. The average molecular weight is 260 g/mol. The summed E-state index contributed by atoms with van der Waals surface area (Å²) in [6.07, 6.45) is 0. The fourth-order valence-corrected chi connectivity index (χ4v) is 2.48. The van der Waals surface area contributed by atoms with Gasteiger partial charge in [-0.1, -0.05) is 17.7 Å². The maximum absolute atomic E-state index is 6.15.